The van der Waals surface area contributed by atoms with E-state index in [1.54, 1.807) is 30.0 Å². The van der Waals surface area contributed by atoms with Gasteiger partial charge in [0, 0.05) is 11.6 Å². The Kier molecular flexibility index (Phi) is 6.37. The largest absolute Gasteiger partial charge is 0.465 e. The van der Waals surface area contributed by atoms with E-state index in [0.717, 1.165) is 25.7 Å². The number of ether oxygens (including phenoxy) is 1. The second-order valence-corrected chi connectivity index (χ2v) is 7.57. The molecule has 0 atom stereocenters. The van der Waals surface area contributed by atoms with Crippen LogP contribution in [-0.4, -0.2) is 48.9 Å². The Morgan fingerprint density at radius 3 is 2.67 bits per heavy atom. The van der Waals surface area contributed by atoms with Gasteiger partial charge in [-0.15, -0.1) is 0 Å². The number of hydrogen-bond donors (Lipinski definition) is 0. The molecule has 0 saturated heterocycles. The minimum absolute atomic E-state index is 0.0406. The van der Waals surface area contributed by atoms with Crippen LogP contribution in [0, 0.1) is 5.92 Å². The third kappa shape index (κ3) is 4.61. The lowest BCUT2D eigenvalue weighted by Gasteiger charge is -2.28. The smallest absolute Gasteiger partial charge is 0.326 e. The predicted molar refractivity (Wildman–Crippen MR) is 103 cm³/mol. The van der Waals surface area contributed by atoms with Gasteiger partial charge in [-0.05, 0) is 43.9 Å². The number of carbonyl (C=O) groups is 3. The Morgan fingerprint density at radius 1 is 1.22 bits per heavy atom. The first-order chi connectivity index (χ1) is 13.0. The summed E-state index contributed by atoms with van der Waals surface area (Å²) in [7, 11) is 0. The van der Waals surface area contributed by atoms with Crippen LogP contribution in [0.5, 0.6) is 0 Å². The lowest BCUT2D eigenvalue weighted by Crippen LogP contribution is -2.43. The van der Waals surface area contributed by atoms with E-state index >= 15 is 0 Å². The third-order valence-corrected chi connectivity index (χ3v) is 5.43. The van der Waals surface area contributed by atoms with Crippen molar-refractivity contribution in [1.82, 2.24) is 4.90 Å². The highest BCUT2D eigenvalue weighted by Gasteiger charge is 2.34. The van der Waals surface area contributed by atoms with Crippen LogP contribution in [0.1, 0.15) is 49.4 Å². The van der Waals surface area contributed by atoms with E-state index in [1.165, 1.54) is 11.3 Å². The van der Waals surface area contributed by atoms with Gasteiger partial charge in [-0.25, -0.2) is 0 Å². The highest BCUT2D eigenvalue weighted by atomic mass is 35.5. The maximum atomic E-state index is 13.1. The molecule has 0 bridgehead atoms. The summed E-state index contributed by atoms with van der Waals surface area (Å²) >= 11 is 6.11. The van der Waals surface area contributed by atoms with Gasteiger partial charge in [-0.1, -0.05) is 30.9 Å². The molecule has 7 heteroatoms. The van der Waals surface area contributed by atoms with Crippen LogP contribution < -0.4 is 4.90 Å². The minimum Gasteiger partial charge on any atom is -0.465 e. The summed E-state index contributed by atoms with van der Waals surface area (Å²) in [5, 5.41) is 0.421. The molecular formula is C20H25ClN2O4. The SMILES string of the molecule is CCOC(=O)CN1C(=O)CN(CC2CCCCC2)C(=O)c2cc(Cl)ccc21. The van der Waals surface area contributed by atoms with Gasteiger partial charge in [0.25, 0.3) is 5.91 Å². The Balaban J connectivity index is 1.89. The average Bonchev–Trinajstić information content (AvgIpc) is 2.74. The molecule has 2 amide bonds. The summed E-state index contributed by atoms with van der Waals surface area (Å²) in [6, 6.07) is 4.82. The van der Waals surface area contributed by atoms with E-state index in [4.69, 9.17) is 16.3 Å². The molecule has 0 N–H and O–H groups in total. The zero-order chi connectivity index (χ0) is 19.4. The minimum atomic E-state index is -0.500. The number of nitrogens with zero attached hydrogens (tertiary/aromatic N) is 2. The highest BCUT2D eigenvalue weighted by Crippen LogP contribution is 2.31. The van der Waals surface area contributed by atoms with Crippen molar-refractivity contribution in [2.24, 2.45) is 5.92 Å². The van der Waals surface area contributed by atoms with Crippen LogP contribution in [0.2, 0.25) is 5.02 Å². The number of hydrogen-bond acceptors (Lipinski definition) is 4. The number of esters is 1. The molecule has 1 aliphatic heterocycles. The molecule has 1 aromatic rings. The summed E-state index contributed by atoms with van der Waals surface area (Å²) in [6.07, 6.45) is 5.71. The van der Waals surface area contributed by atoms with Crippen LogP contribution in [0.3, 0.4) is 0 Å². The molecule has 27 heavy (non-hydrogen) atoms. The van der Waals surface area contributed by atoms with Gasteiger partial charge in [0.15, 0.2) is 0 Å². The zero-order valence-corrected chi connectivity index (χ0v) is 16.3. The summed E-state index contributed by atoms with van der Waals surface area (Å²) in [5.41, 5.74) is 0.766. The molecule has 1 aromatic carbocycles. The van der Waals surface area contributed by atoms with Gasteiger partial charge in [0.2, 0.25) is 5.91 Å². The normalized spacial score (nSPS) is 18.3. The number of benzene rings is 1. The van der Waals surface area contributed by atoms with Crippen molar-refractivity contribution in [2.75, 3.05) is 31.1 Å². The first kappa shape index (κ1) is 19.7. The molecule has 1 heterocycles. The Bertz CT molecular complexity index is 731. The van der Waals surface area contributed by atoms with Crippen molar-refractivity contribution in [3.8, 4) is 0 Å². The molecule has 1 aliphatic carbocycles. The summed E-state index contributed by atoms with van der Waals surface area (Å²) in [5.74, 6) is -0.583. The van der Waals surface area contributed by atoms with Gasteiger partial charge < -0.3 is 9.64 Å². The van der Waals surface area contributed by atoms with Crippen molar-refractivity contribution in [3.63, 3.8) is 0 Å². The maximum Gasteiger partial charge on any atom is 0.326 e. The van der Waals surface area contributed by atoms with Crippen LogP contribution in [-0.2, 0) is 14.3 Å². The Morgan fingerprint density at radius 2 is 1.96 bits per heavy atom. The van der Waals surface area contributed by atoms with E-state index in [1.807, 2.05) is 0 Å². The molecule has 2 aliphatic rings. The van der Waals surface area contributed by atoms with Gasteiger partial charge in [0.1, 0.15) is 13.1 Å². The number of fused-ring (bicyclic) bond motifs is 1. The number of anilines is 1. The number of halogens is 1. The second kappa shape index (κ2) is 8.74. The standard InChI is InChI=1S/C20H25ClN2O4/c1-2-27-19(25)13-23-17-9-8-15(21)10-16(17)20(26)22(12-18(23)24)11-14-6-4-3-5-7-14/h8-10,14H,2-7,11-13H2,1H3. The predicted octanol–water partition coefficient (Wildman–Crippen LogP) is 3.27. The van der Waals surface area contributed by atoms with Gasteiger partial charge in [-0.3, -0.25) is 19.3 Å². The van der Waals surface area contributed by atoms with Gasteiger partial charge in [-0.2, -0.15) is 0 Å². The van der Waals surface area contributed by atoms with Crippen molar-refractivity contribution in [3.05, 3.63) is 28.8 Å². The molecule has 146 valence electrons. The fourth-order valence-corrected chi connectivity index (χ4v) is 4.05. The van der Waals surface area contributed by atoms with Crippen molar-refractivity contribution >= 4 is 35.1 Å². The molecule has 0 radical (unpaired) electrons. The summed E-state index contributed by atoms with van der Waals surface area (Å²) in [4.78, 5) is 41.0. The quantitative estimate of drug-likeness (QED) is 0.721. The lowest BCUT2D eigenvalue weighted by molar-refractivity contribution is -0.142. The fraction of sp³-hybridized carbons (Fsp3) is 0.550. The molecule has 3 rings (SSSR count). The number of amides is 2. The summed E-state index contributed by atoms with van der Waals surface area (Å²) < 4.78 is 4.99. The molecular weight excluding hydrogens is 368 g/mol. The van der Waals surface area contributed by atoms with E-state index in [9.17, 15) is 14.4 Å². The maximum absolute atomic E-state index is 13.1. The molecule has 6 nitrogen and oxygen atoms in total. The Labute approximate surface area is 164 Å². The fourth-order valence-electron chi connectivity index (χ4n) is 3.88. The first-order valence-electron chi connectivity index (χ1n) is 9.54. The van der Waals surface area contributed by atoms with Crippen molar-refractivity contribution < 1.29 is 19.1 Å². The van der Waals surface area contributed by atoms with Gasteiger partial charge >= 0.3 is 5.97 Å². The molecule has 0 aromatic heterocycles. The topological polar surface area (TPSA) is 66.9 Å². The van der Waals surface area contributed by atoms with Crippen molar-refractivity contribution in [1.29, 1.82) is 0 Å². The van der Waals surface area contributed by atoms with E-state index in [2.05, 4.69) is 0 Å². The third-order valence-electron chi connectivity index (χ3n) is 5.19. The summed E-state index contributed by atoms with van der Waals surface area (Å²) in [6.45, 7) is 2.25. The zero-order valence-electron chi connectivity index (χ0n) is 15.6. The van der Waals surface area contributed by atoms with Crippen LogP contribution in [0.25, 0.3) is 0 Å². The first-order valence-corrected chi connectivity index (χ1v) is 9.92. The van der Waals surface area contributed by atoms with E-state index in [-0.39, 0.29) is 31.5 Å². The molecule has 0 spiro atoms. The number of carbonyl (C=O) groups excluding carboxylic acids is 3. The van der Waals surface area contributed by atoms with Crippen LogP contribution in [0.15, 0.2) is 18.2 Å². The average molecular weight is 393 g/mol. The van der Waals surface area contributed by atoms with Gasteiger partial charge in [0.05, 0.1) is 17.9 Å². The molecule has 1 fully saturated rings. The van der Waals surface area contributed by atoms with Crippen LogP contribution in [0.4, 0.5) is 5.69 Å². The molecule has 1 saturated carbocycles. The van der Waals surface area contributed by atoms with Crippen molar-refractivity contribution in [2.45, 2.75) is 39.0 Å². The van der Waals surface area contributed by atoms with Crippen LogP contribution >= 0.6 is 11.6 Å². The highest BCUT2D eigenvalue weighted by molar-refractivity contribution is 6.31. The number of rotatable bonds is 5. The van der Waals surface area contributed by atoms with E-state index in [0.29, 0.717) is 28.7 Å². The monoisotopic (exact) mass is 392 g/mol. The molecule has 0 unspecified atom stereocenters. The second-order valence-electron chi connectivity index (χ2n) is 7.14. The Hall–Kier alpha value is -2.08. The van der Waals surface area contributed by atoms with E-state index < -0.39 is 5.97 Å². The lowest BCUT2D eigenvalue weighted by atomic mass is 9.89.